The lowest BCUT2D eigenvalue weighted by atomic mass is 10.0. The molecule has 2 rings (SSSR count). The van der Waals surface area contributed by atoms with E-state index in [-0.39, 0.29) is 24.0 Å². The lowest BCUT2D eigenvalue weighted by molar-refractivity contribution is -0.130. The second-order valence-electron chi connectivity index (χ2n) is 6.97. The molecule has 1 aliphatic heterocycles. The second kappa shape index (κ2) is 7.69. The van der Waals surface area contributed by atoms with Crippen LogP contribution in [0.25, 0.3) is 0 Å². The normalized spacial score (nSPS) is 15.5. The molecule has 1 aliphatic rings. The maximum atomic E-state index is 12.8. The number of piperidine rings is 1. The first-order valence-corrected chi connectivity index (χ1v) is 8.71. The number of hydrogen-bond acceptors (Lipinski definition) is 2. The number of rotatable bonds is 3. The van der Waals surface area contributed by atoms with E-state index in [0.717, 1.165) is 31.6 Å². The lowest BCUT2D eigenvalue weighted by Crippen LogP contribution is -2.52. The SMILES string of the molecule is CC(=O)N1CCC(N(C(=O)Nc2ccc(C)c(C)c2)C(C)C)CC1. The number of aryl methyl sites for hydroxylation is 2. The fourth-order valence-electron chi connectivity index (χ4n) is 3.29. The number of nitrogens with one attached hydrogen (secondary N) is 1. The Labute approximate surface area is 145 Å². The topological polar surface area (TPSA) is 52.7 Å². The molecule has 5 heteroatoms. The molecule has 1 N–H and O–H groups in total. The molecule has 1 saturated heterocycles. The first kappa shape index (κ1) is 18.3. The molecule has 5 nitrogen and oxygen atoms in total. The highest BCUT2D eigenvalue weighted by Crippen LogP contribution is 2.21. The molecule has 24 heavy (non-hydrogen) atoms. The molecule has 0 aromatic heterocycles. The van der Waals surface area contributed by atoms with E-state index in [2.05, 4.69) is 12.2 Å². The molecule has 1 aromatic carbocycles. The van der Waals surface area contributed by atoms with Crippen molar-refractivity contribution in [2.75, 3.05) is 18.4 Å². The lowest BCUT2D eigenvalue weighted by Gasteiger charge is -2.40. The van der Waals surface area contributed by atoms with Crippen molar-refractivity contribution in [1.82, 2.24) is 9.80 Å². The van der Waals surface area contributed by atoms with Gasteiger partial charge in [-0.3, -0.25) is 4.79 Å². The van der Waals surface area contributed by atoms with Gasteiger partial charge in [-0.1, -0.05) is 6.07 Å². The van der Waals surface area contributed by atoms with Gasteiger partial charge in [0, 0.05) is 37.8 Å². The Balaban J connectivity index is 2.05. The third-order valence-corrected chi connectivity index (χ3v) is 4.85. The Bertz CT molecular complexity index is 605. The van der Waals surface area contributed by atoms with E-state index in [1.54, 1.807) is 6.92 Å². The zero-order chi connectivity index (χ0) is 17.9. The predicted octanol–water partition coefficient (Wildman–Crippen LogP) is 3.56. The fraction of sp³-hybridized carbons (Fsp3) is 0.579. The Hall–Kier alpha value is -2.04. The summed E-state index contributed by atoms with van der Waals surface area (Å²) in [5.74, 6) is 0.115. The van der Waals surface area contributed by atoms with Gasteiger partial charge in [0.2, 0.25) is 5.91 Å². The number of hydrogen-bond donors (Lipinski definition) is 1. The average molecular weight is 331 g/mol. The van der Waals surface area contributed by atoms with Crippen LogP contribution >= 0.6 is 0 Å². The van der Waals surface area contributed by atoms with Gasteiger partial charge >= 0.3 is 6.03 Å². The van der Waals surface area contributed by atoms with Crippen LogP contribution in [0.1, 0.15) is 44.7 Å². The number of carbonyl (C=O) groups excluding carboxylic acids is 2. The number of anilines is 1. The summed E-state index contributed by atoms with van der Waals surface area (Å²) in [5.41, 5.74) is 3.21. The van der Waals surface area contributed by atoms with E-state index in [1.165, 1.54) is 11.1 Å². The van der Waals surface area contributed by atoms with E-state index >= 15 is 0 Å². The van der Waals surface area contributed by atoms with E-state index in [1.807, 2.05) is 48.8 Å². The van der Waals surface area contributed by atoms with Crippen molar-refractivity contribution >= 4 is 17.6 Å². The zero-order valence-corrected chi connectivity index (χ0v) is 15.4. The standard InChI is InChI=1S/C19H29N3O2/c1-13(2)22(18-8-10-21(11-9-18)16(5)23)19(24)20-17-7-6-14(3)15(4)12-17/h6-7,12-13,18H,8-11H2,1-5H3,(H,20,24). The summed E-state index contributed by atoms with van der Waals surface area (Å²) in [6.07, 6.45) is 1.66. The van der Waals surface area contributed by atoms with Gasteiger partial charge in [-0.15, -0.1) is 0 Å². The van der Waals surface area contributed by atoms with Gasteiger partial charge in [0.1, 0.15) is 0 Å². The molecule has 132 valence electrons. The van der Waals surface area contributed by atoms with Crippen LogP contribution in [0.3, 0.4) is 0 Å². The van der Waals surface area contributed by atoms with Crippen LogP contribution < -0.4 is 5.32 Å². The van der Waals surface area contributed by atoms with Crippen molar-refractivity contribution in [2.45, 2.75) is 59.5 Å². The van der Waals surface area contributed by atoms with Gasteiger partial charge in [-0.2, -0.15) is 0 Å². The van der Waals surface area contributed by atoms with Crippen LogP contribution in [0.15, 0.2) is 18.2 Å². The molecule has 0 spiro atoms. The molecule has 1 aromatic rings. The molecule has 0 radical (unpaired) electrons. The number of likely N-dealkylation sites (tertiary alicyclic amines) is 1. The van der Waals surface area contributed by atoms with E-state index < -0.39 is 0 Å². The summed E-state index contributed by atoms with van der Waals surface area (Å²) in [6.45, 7) is 11.2. The highest BCUT2D eigenvalue weighted by Gasteiger charge is 2.30. The molecule has 1 heterocycles. The number of amides is 3. The maximum absolute atomic E-state index is 12.8. The smallest absolute Gasteiger partial charge is 0.322 e. The van der Waals surface area contributed by atoms with Crippen molar-refractivity contribution in [2.24, 2.45) is 0 Å². The van der Waals surface area contributed by atoms with Crippen LogP contribution in [0.4, 0.5) is 10.5 Å². The van der Waals surface area contributed by atoms with Crippen molar-refractivity contribution in [1.29, 1.82) is 0 Å². The van der Waals surface area contributed by atoms with Crippen LogP contribution in [-0.4, -0.2) is 46.9 Å². The molecule has 0 saturated carbocycles. The van der Waals surface area contributed by atoms with Crippen LogP contribution in [-0.2, 0) is 4.79 Å². The minimum Gasteiger partial charge on any atom is -0.343 e. The van der Waals surface area contributed by atoms with Gasteiger partial charge in [0.05, 0.1) is 0 Å². The largest absolute Gasteiger partial charge is 0.343 e. The molecule has 0 bridgehead atoms. The highest BCUT2D eigenvalue weighted by atomic mass is 16.2. The first-order chi connectivity index (χ1) is 11.3. The van der Waals surface area contributed by atoms with Gasteiger partial charge in [0.15, 0.2) is 0 Å². The Kier molecular flexibility index (Phi) is 5.86. The van der Waals surface area contributed by atoms with Crippen LogP contribution in [0.2, 0.25) is 0 Å². The minimum absolute atomic E-state index is 0.0606. The zero-order valence-electron chi connectivity index (χ0n) is 15.4. The van der Waals surface area contributed by atoms with Crippen LogP contribution in [0.5, 0.6) is 0 Å². The summed E-state index contributed by atoms with van der Waals surface area (Å²) in [7, 11) is 0. The molecular formula is C19H29N3O2. The van der Waals surface area contributed by atoms with Gasteiger partial charge < -0.3 is 15.1 Å². The molecule has 0 unspecified atom stereocenters. The van der Waals surface area contributed by atoms with Crippen LogP contribution in [0, 0.1) is 13.8 Å². The summed E-state index contributed by atoms with van der Waals surface area (Å²) in [4.78, 5) is 28.1. The molecule has 0 atom stereocenters. The molecule has 0 aliphatic carbocycles. The molecular weight excluding hydrogens is 302 g/mol. The van der Waals surface area contributed by atoms with Crippen molar-refractivity contribution < 1.29 is 9.59 Å². The quantitative estimate of drug-likeness (QED) is 0.921. The first-order valence-electron chi connectivity index (χ1n) is 8.71. The summed E-state index contributed by atoms with van der Waals surface area (Å²) >= 11 is 0. The monoisotopic (exact) mass is 331 g/mol. The highest BCUT2D eigenvalue weighted by molar-refractivity contribution is 5.90. The minimum atomic E-state index is -0.0606. The van der Waals surface area contributed by atoms with Gasteiger partial charge in [-0.05, 0) is 63.8 Å². The fourth-order valence-corrected chi connectivity index (χ4v) is 3.29. The third kappa shape index (κ3) is 4.28. The Morgan fingerprint density at radius 1 is 1.17 bits per heavy atom. The van der Waals surface area contributed by atoms with E-state index in [4.69, 9.17) is 0 Å². The van der Waals surface area contributed by atoms with E-state index in [0.29, 0.717) is 0 Å². The average Bonchev–Trinajstić information content (AvgIpc) is 2.51. The number of carbonyl (C=O) groups is 2. The summed E-state index contributed by atoms with van der Waals surface area (Å²) in [6, 6.07) is 6.20. The van der Waals surface area contributed by atoms with Gasteiger partial charge in [0.25, 0.3) is 0 Å². The Morgan fingerprint density at radius 3 is 2.29 bits per heavy atom. The van der Waals surface area contributed by atoms with Crippen molar-refractivity contribution in [3.05, 3.63) is 29.3 Å². The van der Waals surface area contributed by atoms with Crippen molar-refractivity contribution in [3.8, 4) is 0 Å². The summed E-state index contributed by atoms with van der Waals surface area (Å²) < 4.78 is 0. The number of urea groups is 1. The molecule has 1 fully saturated rings. The third-order valence-electron chi connectivity index (χ3n) is 4.85. The Morgan fingerprint density at radius 2 is 1.79 bits per heavy atom. The second-order valence-corrected chi connectivity index (χ2v) is 6.97. The summed E-state index contributed by atoms with van der Waals surface area (Å²) in [5, 5.41) is 3.03. The molecule has 3 amide bonds. The van der Waals surface area contributed by atoms with Crippen molar-refractivity contribution in [3.63, 3.8) is 0 Å². The maximum Gasteiger partial charge on any atom is 0.322 e. The number of nitrogens with zero attached hydrogens (tertiary/aromatic N) is 2. The van der Waals surface area contributed by atoms with E-state index in [9.17, 15) is 9.59 Å². The predicted molar refractivity (Wildman–Crippen MR) is 97.2 cm³/mol. The number of benzene rings is 1. The van der Waals surface area contributed by atoms with Gasteiger partial charge in [-0.25, -0.2) is 4.79 Å².